The van der Waals surface area contributed by atoms with Gasteiger partial charge < -0.3 is 29.1 Å². The van der Waals surface area contributed by atoms with E-state index in [1.807, 2.05) is 117 Å². The van der Waals surface area contributed by atoms with Gasteiger partial charge in [0.1, 0.15) is 6.61 Å². The van der Waals surface area contributed by atoms with E-state index in [1.54, 1.807) is 12.0 Å². The summed E-state index contributed by atoms with van der Waals surface area (Å²) in [5, 5.41) is 12.4. The normalized spacial score (nSPS) is 17.8. The molecule has 1 N–H and O–H groups in total. The summed E-state index contributed by atoms with van der Waals surface area (Å²) in [6.07, 6.45) is 1.07. The molecule has 8 nitrogen and oxygen atoms in total. The molecule has 4 aromatic rings. The number of nitrogens with zero attached hydrogens (tertiary/aromatic N) is 2. The van der Waals surface area contributed by atoms with Gasteiger partial charge in [-0.05, 0) is 104 Å². The summed E-state index contributed by atoms with van der Waals surface area (Å²) in [6.45, 7) is 7.00. The van der Waals surface area contributed by atoms with Crippen LogP contribution in [0.2, 0.25) is 5.02 Å². The predicted molar refractivity (Wildman–Crippen MR) is 190 cm³/mol. The minimum atomic E-state index is -1.13. The lowest BCUT2D eigenvalue weighted by Crippen LogP contribution is -2.44. The SMILES string of the molecule is COc1cc2c(cc1OC(C)C)[C@H](c1ccc(Cl)cc1)N(c1ccc(C(C)(O)C3CCN(C(=O)OCc4ccccc4)CC3)cc1)C(=O)C2. The first kappa shape index (κ1) is 34.3. The molecule has 2 atom stereocenters. The van der Waals surface area contributed by atoms with Crippen LogP contribution in [0.4, 0.5) is 10.5 Å². The van der Waals surface area contributed by atoms with Gasteiger partial charge >= 0.3 is 6.09 Å². The molecule has 1 saturated heterocycles. The molecule has 0 aromatic heterocycles. The maximum Gasteiger partial charge on any atom is 0.410 e. The van der Waals surface area contributed by atoms with Crippen LogP contribution in [0.3, 0.4) is 0 Å². The molecule has 6 rings (SSSR count). The Kier molecular flexibility index (Phi) is 10.2. The van der Waals surface area contributed by atoms with E-state index in [1.165, 1.54) is 0 Å². The number of ether oxygens (including phenoxy) is 3. The quantitative estimate of drug-likeness (QED) is 0.192. The molecule has 1 unspecified atom stereocenters. The average molecular weight is 683 g/mol. The van der Waals surface area contributed by atoms with Crippen molar-refractivity contribution < 1.29 is 28.9 Å². The monoisotopic (exact) mass is 682 g/mol. The van der Waals surface area contributed by atoms with Crippen molar-refractivity contribution in [2.24, 2.45) is 5.92 Å². The van der Waals surface area contributed by atoms with Gasteiger partial charge in [0.2, 0.25) is 5.91 Å². The van der Waals surface area contributed by atoms with Crippen molar-refractivity contribution in [3.63, 3.8) is 0 Å². The fraction of sp³-hybridized carbons (Fsp3) is 0.350. The fourth-order valence-electron chi connectivity index (χ4n) is 6.96. The molecule has 2 heterocycles. The van der Waals surface area contributed by atoms with E-state index in [9.17, 15) is 14.7 Å². The van der Waals surface area contributed by atoms with Gasteiger partial charge in [0.05, 0.1) is 31.3 Å². The molecule has 0 aliphatic carbocycles. The molecule has 1 fully saturated rings. The van der Waals surface area contributed by atoms with Gasteiger partial charge in [0, 0.05) is 23.8 Å². The Hall–Kier alpha value is -4.53. The Labute approximate surface area is 293 Å². The zero-order valence-corrected chi connectivity index (χ0v) is 29.2. The van der Waals surface area contributed by atoms with Crippen LogP contribution < -0.4 is 14.4 Å². The molecule has 0 spiro atoms. The number of carbonyl (C=O) groups excluding carboxylic acids is 2. The Morgan fingerprint density at radius 2 is 1.63 bits per heavy atom. The van der Waals surface area contributed by atoms with Crippen LogP contribution in [0.1, 0.15) is 67.5 Å². The lowest BCUT2D eigenvalue weighted by molar-refractivity contribution is -0.118. The molecule has 9 heteroatoms. The number of fused-ring (bicyclic) bond motifs is 1. The summed E-state index contributed by atoms with van der Waals surface area (Å²) in [5.74, 6) is 1.09. The van der Waals surface area contributed by atoms with Crippen molar-refractivity contribution >= 4 is 29.3 Å². The number of amides is 2. The minimum absolute atomic E-state index is 0.0573. The lowest BCUT2D eigenvalue weighted by Gasteiger charge is -2.40. The van der Waals surface area contributed by atoms with Crippen molar-refractivity contribution in [2.45, 2.75) is 64.4 Å². The number of hydrogen-bond acceptors (Lipinski definition) is 6. The van der Waals surface area contributed by atoms with Crippen molar-refractivity contribution in [1.29, 1.82) is 0 Å². The maximum atomic E-state index is 13.9. The van der Waals surface area contributed by atoms with Crippen LogP contribution >= 0.6 is 11.6 Å². The summed E-state index contributed by atoms with van der Waals surface area (Å²) in [6, 6.07) is 28.2. The van der Waals surface area contributed by atoms with Crippen molar-refractivity contribution in [3.8, 4) is 11.5 Å². The smallest absolute Gasteiger partial charge is 0.410 e. The lowest BCUT2D eigenvalue weighted by atomic mass is 9.77. The van der Waals surface area contributed by atoms with E-state index in [-0.39, 0.29) is 37.0 Å². The second-order valence-electron chi connectivity index (χ2n) is 13.3. The summed E-state index contributed by atoms with van der Waals surface area (Å²) in [5.41, 5.74) is 4.01. The molecule has 2 aliphatic heterocycles. The number of hydrogen-bond donors (Lipinski definition) is 1. The average Bonchev–Trinajstić information content (AvgIpc) is 3.10. The number of methoxy groups -OCH3 is 1. The van der Waals surface area contributed by atoms with Gasteiger partial charge in [-0.15, -0.1) is 0 Å². The zero-order valence-electron chi connectivity index (χ0n) is 28.4. The van der Waals surface area contributed by atoms with E-state index in [4.69, 9.17) is 25.8 Å². The van der Waals surface area contributed by atoms with E-state index in [0.717, 1.165) is 27.8 Å². The molecule has 256 valence electrons. The highest BCUT2D eigenvalue weighted by Crippen LogP contribution is 2.44. The van der Waals surface area contributed by atoms with E-state index >= 15 is 0 Å². The topological polar surface area (TPSA) is 88.5 Å². The molecule has 2 amide bonds. The van der Waals surface area contributed by atoms with Crippen LogP contribution in [0.25, 0.3) is 0 Å². The maximum absolute atomic E-state index is 13.9. The second kappa shape index (κ2) is 14.5. The number of aliphatic hydroxyl groups is 1. The molecule has 2 aliphatic rings. The van der Waals surface area contributed by atoms with Crippen LogP contribution in [-0.2, 0) is 28.2 Å². The van der Waals surface area contributed by atoms with Crippen LogP contribution in [0.15, 0.2) is 91.0 Å². The first-order chi connectivity index (χ1) is 23.5. The van der Waals surface area contributed by atoms with Crippen LogP contribution in [0.5, 0.6) is 11.5 Å². The zero-order chi connectivity index (χ0) is 34.7. The van der Waals surface area contributed by atoms with Gasteiger partial charge in [-0.1, -0.05) is 66.2 Å². The highest BCUT2D eigenvalue weighted by Gasteiger charge is 2.39. The first-order valence-electron chi connectivity index (χ1n) is 16.8. The number of piperidine rings is 1. The number of benzene rings is 4. The summed E-state index contributed by atoms with van der Waals surface area (Å²) in [4.78, 5) is 30.2. The second-order valence-corrected chi connectivity index (χ2v) is 13.7. The molecule has 49 heavy (non-hydrogen) atoms. The van der Waals surface area contributed by atoms with E-state index in [0.29, 0.717) is 48.1 Å². The largest absolute Gasteiger partial charge is 0.493 e. The summed E-state index contributed by atoms with van der Waals surface area (Å²) in [7, 11) is 1.60. The molecule has 0 radical (unpaired) electrons. The molecule has 0 saturated carbocycles. The van der Waals surface area contributed by atoms with Gasteiger partial charge in [-0.25, -0.2) is 4.79 Å². The van der Waals surface area contributed by atoms with Gasteiger partial charge in [0.15, 0.2) is 11.5 Å². The van der Waals surface area contributed by atoms with E-state index in [2.05, 4.69) is 0 Å². The molecule has 0 bridgehead atoms. The third-order valence-electron chi connectivity index (χ3n) is 9.62. The molecular formula is C40H43ClN2O6. The third-order valence-corrected chi connectivity index (χ3v) is 9.87. The Morgan fingerprint density at radius 3 is 2.27 bits per heavy atom. The van der Waals surface area contributed by atoms with Gasteiger partial charge in [0.25, 0.3) is 0 Å². The Morgan fingerprint density at radius 1 is 0.959 bits per heavy atom. The van der Waals surface area contributed by atoms with Gasteiger partial charge in [-0.2, -0.15) is 0 Å². The van der Waals surface area contributed by atoms with E-state index < -0.39 is 11.6 Å². The highest BCUT2D eigenvalue weighted by molar-refractivity contribution is 6.30. The number of rotatable bonds is 9. The standard InChI is InChI=1S/C40H43ClN2O6/c1-26(2)49-36-24-34-29(22-35(36)47-4)23-37(44)43(38(34)28-10-14-32(41)15-11-28)33-16-12-30(13-17-33)40(3,46)31-18-20-42(21-19-31)39(45)48-25-27-8-6-5-7-9-27/h5-17,22,24,26,31,38,46H,18-21,23,25H2,1-4H3/t38-,40?/m0/s1. The molecule has 4 aromatic carbocycles. The highest BCUT2D eigenvalue weighted by atomic mass is 35.5. The van der Waals surface area contributed by atoms with Crippen molar-refractivity contribution in [3.05, 3.63) is 124 Å². The van der Waals surface area contributed by atoms with Crippen LogP contribution in [0, 0.1) is 5.92 Å². The van der Waals surface area contributed by atoms with Crippen molar-refractivity contribution in [2.75, 3.05) is 25.1 Å². The van der Waals surface area contributed by atoms with Crippen molar-refractivity contribution in [1.82, 2.24) is 4.90 Å². The number of likely N-dealkylation sites (tertiary alicyclic amines) is 1. The first-order valence-corrected chi connectivity index (χ1v) is 17.2. The summed E-state index contributed by atoms with van der Waals surface area (Å²) >= 11 is 6.27. The number of carbonyl (C=O) groups is 2. The Bertz CT molecular complexity index is 1770. The Balaban J connectivity index is 1.22. The third kappa shape index (κ3) is 7.41. The summed E-state index contributed by atoms with van der Waals surface area (Å²) < 4.78 is 17.3. The number of halogens is 1. The van der Waals surface area contributed by atoms with Gasteiger partial charge in [-0.3, -0.25) is 4.79 Å². The molecular weight excluding hydrogens is 640 g/mol. The predicted octanol–water partition coefficient (Wildman–Crippen LogP) is 8.07. The minimum Gasteiger partial charge on any atom is -0.493 e. The number of anilines is 1. The van der Waals surface area contributed by atoms with Crippen LogP contribution in [-0.4, -0.2) is 48.3 Å². The fourth-order valence-corrected chi connectivity index (χ4v) is 7.08.